The quantitative estimate of drug-likeness (QED) is 0.838. The van der Waals surface area contributed by atoms with Crippen molar-refractivity contribution in [2.24, 2.45) is 0 Å². The molecule has 7 heteroatoms. The minimum absolute atomic E-state index is 0.134. The van der Waals surface area contributed by atoms with Gasteiger partial charge in [0.15, 0.2) is 0 Å². The summed E-state index contributed by atoms with van der Waals surface area (Å²) in [5.74, 6) is 0.325. The third kappa shape index (κ3) is 3.79. The number of hydrogen-bond donors (Lipinski definition) is 1. The minimum atomic E-state index is -0.777. The smallest absolute Gasteiger partial charge is 0.303 e. The van der Waals surface area contributed by atoms with Gasteiger partial charge in [-0.05, 0) is 12.5 Å². The Morgan fingerprint density at radius 1 is 1.39 bits per heavy atom. The molecule has 0 bridgehead atoms. The van der Waals surface area contributed by atoms with Crippen molar-refractivity contribution in [2.45, 2.75) is 52.4 Å². The van der Waals surface area contributed by atoms with E-state index < -0.39 is 5.97 Å². The lowest BCUT2D eigenvalue weighted by atomic mass is 10.2. The van der Waals surface area contributed by atoms with Gasteiger partial charge >= 0.3 is 5.97 Å². The van der Waals surface area contributed by atoms with E-state index >= 15 is 0 Å². The molecule has 0 aliphatic carbocycles. The van der Waals surface area contributed by atoms with Crippen LogP contribution in [0.15, 0.2) is 18.5 Å². The van der Waals surface area contributed by atoms with Crippen LogP contribution in [-0.2, 0) is 37.4 Å². The molecule has 0 unspecified atom stereocenters. The molecule has 0 atom stereocenters. The summed E-state index contributed by atoms with van der Waals surface area (Å²) in [6.07, 6.45) is 5.63. The Morgan fingerprint density at radius 3 is 3.04 bits per heavy atom. The summed E-state index contributed by atoms with van der Waals surface area (Å²) in [5, 5.41) is 13.3. The van der Waals surface area contributed by atoms with Crippen LogP contribution in [0.2, 0.25) is 0 Å². The van der Waals surface area contributed by atoms with Gasteiger partial charge in [-0.1, -0.05) is 6.92 Å². The SMILES string of the molecule is CCCn1ccnc1CN1CCn2nc(CCC(=O)O)cc2C1. The Labute approximate surface area is 135 Å². The Kier molecular flexibility index (Phi) is 4.76. The normalized spacial score (nSPS) is 14.8. The highest BCUT2D eigenvalue weighted by atomic mass is 16.4. The van der Waals surface area contributed by atoms with Gasteiger partial charge in [-0.25, -0.2) is 4.98 Å². The van der Waals surface area contributed by atoms with Crippen molar-refractivity contribution >= 4 is 5.97 Å². The molecule has 2 aromatic heterocycles. The first-order valence-corrected chi connectivity index (χ1v) is 8.15. The van der Waals surface area contributed by atoms with Crippen LogP contribution in [0.25, 0.3) is 0 Å². The molecule has 2 aromatic rings. The summed E-state index contributed by atoms with van der Waals surface area (Å²) in [6.45, 7) is 6.62. The Morgan fingerprint density at radius 2 is 2.26 bits per heavy atom. The number of aliphatic carboxylic acids is 1. The van der Waals surface area contributed by atoms with Crippen molar-refractivity contribution < 1.29 is 9.90 Å². The molecule has 0 radical (unpaired) electrons. The summed E-state index contributed by atoms with van der Waals surface area (Å²) in [6, 6.07) is 2.04. The lowest BCUT2D eigenvalue weighted by Gasteiger charge is -2.27. The molecule has 0 saturated carbocycles. The molecule has 0 amide bonds. The first-order chi connectivity index (χ1) is 11.2. The van der Waals surface area contributed by atoms with Crippen molar-refractivity contribution in [3.05, 3.63) is 35.7 Å². The van der Waals surface area contributed by atoms with Gasteiger partial charge < -0.3 is 9.67 Å². The van der Waals surface area contributed by atoms with E-state index in [1.165, 1.54) is 0 Å². The van der Waals surface area contributed by atoms with Gasteiger partial charge in [0.05, 0.1) is 30.9 Å². The molecule has 0 aromatic carbocycles. The monoisotopic (exact) mass is 317 g/mol. The number of rotatable bonds is 7. The van der Waals surface area contributed by atoms with E-state index in [-0.39, 0.29) is 6.42 Å². The molecular formula is C16H23N5O2. The van der Waals surface area contributed by atoms with E-state index in [4.69, 9.17) is 5.11 Å². The molecule has 7 nitrogen and oxygen atoms in total. The summed E-state index contributed by atoms with van der Waals surface area (Å²) in [7, 11) is 0. The van der Waals surface area contributed by atoms with E-state index in [0.717, 1.165) is 56.4 Å². The topological polar surface area (TPSA) is 76.2 Å². The van der Waals surface area contributed by atoms with Gasteiger partial charge in [-0.2, -0.15) is 5.10 Å². The second-order valence-electron chi connectivity index (χ2n) is 5.99. The number of carboxylic acids is 1. The minimum Gasteiger partial charge on any atom is -0.481 e. The molecule has 0 spiro atoms. The van der Waals surface area contributed by atoms with Gasteiger partial charge in [-0.15, -0.1) is 0 Å². The van der Waals surface area contributed by atoms with Crippen LogP contribution in [0.3, 0.4) is 0 Å². The summed E-state index contributed by atoms with van der Waals surface area (Å²) in [4.78, 5) is 17.5. The van der Waals surface area contributed by atoms with Crippen molar-refractivity contribution in [3.63, 3.8) is 0 Å². The Balaban J connectivity index is 1.63. The van der Waals surface area contributed by atoms with Crippen molar-refractivity contribution in [1.29, 1.82) is 0 Å². The zero-order valence-corrected chi connectivity index (χ0v) is 13.5. The van der Waals surface area contributed by atoms with Gasteiger partial charge in [0, 0.05) is 38.4 Å². The lowest BCUT2D eigenvalue weighted by Crippen LogP contribution is -2.34. The number of carboxylic acid groups (broad SMARTS) is 1. The van der Waals surface area contributed by atoms with Crippen LogP contribution in [0.4, 0.5) is 0 Å². The highest BCUT2D eigenvalue weighted by molar-refractivity contribution is 5.66. The highest BCUT2D eigenvalue weighted by Gasteiger charge is 2.20. The number of fused-ring (bicyclic) bond motifs is 1. The zero-order valence-electron chi connectivity index (χ0n) is 13.5. The molecule has 3 rings (SSSR count). The summed E-state index contributed by atoms with van der Waals surface area (Å²) in [5.41, 5.74) is 2.03. The van der Waals surface area contributed by atoms with Crippen LogP contribution in [0.5, 0.6) is 0 Å². The summed E-state index contributed by atoms with van der Waals surface area (Å²) < 4.78 is 4.22. The zero-order chi connectivity index (χ0) is 16.2. The fourth-order valence-electron chi connectivity index (χ4n) is 3.01. The Hall–Kier alpha value is -2.15. The van der Waals surface area contributed by atoms with E-state index in [2.05, 4.69) is 26.5 Å². The molecule has 1 aliphatic rings. The lowest BCUT2D eigenvalue weighted by molar-refractivity contribution is -0.136. The van der Waals surface area contributed by atoms with Gasteiger partial charge in [0.1, 0.15) is 5.82 Å². The predicted molar refractivity (Wildman–Crippen MR) is 84.8 cm³/mol. The van der Waals surface area contributed by atoms with E-state index in [0.29, 0.717) is 6.42 Å². The molecule has 0 fully saturated rings. The summed E-state index contributed by atoms with van der Waals surface area (Å²) >= 11 is 0. The van der Waals surface area contributed by atoms with E-state index in [1.807, 2.05) is 23.1 Å². The molecule has 3 heterocycles. The average Bonchev–Trinajstić information content (AvgIpc) is 3.12. The van der Waals surface area contributed by atoms with Crippen molar-refractivity contribution in [3.8, 4) is 0 Å². The highest BCUT2D eigenvalue weighted by Crippen LogP contribution is 2.16. The maximum atomic E-state index is 10.7. The van der Waals surface area contributed by atoms with Crippen LogP contribution < -0.4 is 0 Å². The molecular weight excluding hydrogens is 294 g/mol. The van der Waals surface area contributed by atoms with Crippen molar-refractivity contribution in [2.75, 3.05) is 6.54 Å². The number of nitrogens with zero attached hydrogens (tertiary/aromatic N) is 5. The maximum absolute atomic E-state index is 10.7. The van der Waals surface area contributed by atoms with Crippen LogP contribution in [-0.4, -0.2) is 41.9 Å². The fourth-order valence-corrected chi connectivity index (χ4v) is 3.01. The first-order valence-electron chi connectivity index (χ1n) is 8.15. The standard InChI is InChI=1S/C16H23N5O2/c1-2-6-20-7-5-17-15(20)12-19-8-9-21-14(11-19)10-13(18-21)3-4-16(22)23/h5,7,10H,2-4,6,8-9,11-12H2,1H3,(H,22,23). The predicted octanol–water partition coefficient (Wildman–Crippen LogP) is 1.52. The van der Waals surface area contributed by atoms with Crippen molar-refractivity contribution in [1.82, 2.24) is 24.2 Å². The third-order valence-corrected chi connectivity index (χ3v) is 4.15. The number of imidazole rings is 1. The molecule has 23 heavy (non-hydrogen) atoms. The van der Waals surface area contributed by atoms with Crippen LogP contribution in [0.1, 0.15) is 37.0 Å². The molecule has 1 aliphatic heterocycles. The maximum Gasteiger partial charge on any atom is 0.303 e. The second kappa shape index (κ2) is 6.95. The van der Waals surface area contributed by atoms with E-state index in [9.17, 15) is 4.79 Å². The molecule has 1 N–H and O–H groups in total. The van der Waals surface area contributed by atoms with Gasteiger partial charge in [0.25, 0.3) is 0 Å². The average molecular weight is 317 g/mol. The number of hydrogen-bond acceptors (Lipinski definition) is 4. The second-order valence-corrected chi connectivity index (χ2v) is 5.99. The van der Waals surface area contributed by atoms with Crippen LogP contribution >= 0.6 is 0 Å². The third-order valence-electron chi connectivity index (χ3n) is 4.15. The molecule has 124 valence electrons. The van der Waals surface area contributed by atoms with Crippen LogP contribution in [0, 0.1) is 0 Å². The number of aryl methyl sites for hydroxylation is 2. The largest absolute Gasteiger partial charge is 0.481 e. The van der Waals surface area contributed by atoms with Gasteiger partial charge in [-0.3, -0.25) is 14.4 Å². The fraction of sp³-hybridized carbons (Fsp3) is 0.562. The van der Waals surface area contributed by atoms with Gasteiger partial charge in [0.2, 0.25) is 0 Å². The Bertz CT molecular complexity index is 676. The number of aromatic nitrogens is 4. The van der Waals surface area contributed by atoms with E-state index in [1.54, 1.807) is 0 Å². The molecule has 0 saturated heterocycles. The first kappa shape index (κ1) is 15.7. The number of carbonyl (C=O) groups is 1.